The average Bonchev–Trinajstić information content (AvgIpc) is 3.18. The van der Waals surface area contributed by atoms with Gasteiger partial charge in [0.2, 0.25) is 11.8 Å². The summed E-state index contributed by atoms with van der Waals surface area (Å²) in [6, 6.07) is 11.0. The number of allylic oxidation sites excluding steroid dienone is 4. The number of hydrogen-bond donors (Lipinski definition) is 2. The molecule has 1 unspecified atom stereocenters. The third kappa shape index (κ3) is 4.56. The fourth-order valence-electron chi connectivity index (χ4n) is 6.86. The molecule has 2 N–H and O–H groups in total. The SMILES string of the molecule is O=C1C[C@@H](C2C=CC=C(Cl)C2)[C@]2(C(=O)Nc3cc(Cl)ccc32)[C@@H](c2cc(I)ccc2OC2CCCCC2)N1. The summed E-state index contributed by atoms with van der Waals surface area (Å²) in [5.41, 5.74) is 1.31. The van der Waals surface area contributed by atoms with Crippen LogP contribution in [0, 0.1) is 15.4 Å². The van der Waals surface area contributed by atoms with Gasteiger partial charge in [0.1, 0.15) is 11.2 Å². The molecular weight excluding hydrogens is 634 g/mol. The van der Waals surface area contributed by atoms with E-state index in [1.54, 1.807) is 6.07 Å². The fraction of sp³-hybridized carbons (Fsp3) is 0.400. The van der Waals surface area contributed by atoms with Crippen molar-refractivity contribution < 1.29 is 14.3 Å². The van der Waals surface area contributed by atoms with E-state index < -0.39 is 11.5 Å². The molecule has 38 heavy (non-hydrogen) atoms. The van der Waals surface area contributed by atoms with E-state index in [1.807, 2.05) is 36.4 Å². The first-order chi connectivity index (χ1) is 18.4. The Morgan fingerprint density at radius 2 is 1.82 bits per heavy atom. The van der Waals surface area contributed by atoms with Crippen LogP contribution in [0.1, 0.15) is 62.1 Å². The monoisotopic (exact) mass is 662 g/mol. The number of amides is 2. The Hall–Kier alpha value is -2.03. The zero-order chi connectivity index (χ0) is 26.4. The molecule has 1 saturated heterocycles. The van der Waals surface area contributed by atoms with Gasteiger partial charge in [0, 0.05) is 31.3 Å². The summed E-state index contributed by atoms with van der Waals surface area (Å²) in [4.78, 5) is 27.7. The van der Waals surface area contributed by atoms with Gasteiger partial charge in [-0.05, 0) is 109 Å². The lowest BCUT2D eigenvalue weighted by atomic mass is 9.57. The highest BCUT2D eigenvalue weighted by Crippen LogP contribution is 2.58. The highest BCUT2D eigenvalue weighted by atomic mass is 127. The summed E-state index contributed by atoms with van der Waals surface area (Å²) in [6.07, 6.45) is 12.4. The highest BCUT2D eigenvalue weighted by molar-refractivity contribution is 14.1. The quantitative estimate of drug-likeness (QED) is 0.335. The topological polar surface area (TPSA) is 67.4 Å². The minimum absolute atomic E-state index is 0.0811. The number of fused-ring (bicyclic) bond motifs is 2. The second-order valence-corrected chi connectivity index (χ2v) is 12.9. The molecule has 1 spiro atoms. The molecule has 2 amide bonds. The zero-order valence-electron chi connectivity index (χ0n) is 20.8. The van der Waals surface area contributed by atoms with Crippen LogP contribution in [0.25, 0.3) is 0 Å². The maximum absolute atomic E-state index is 14.3. The van der Waals surface area contributed by atoms with E-state index in [0.717, 1.165) is 51.2 Å². The molecule has 8 heteroatoms. The van der Waals surface area contributed by atoms with Crippen molar-refractivity contribution >= 4 is 63.3 Å². The first-order valence-corrected chi connectivity index (χ1v) is 15.1. The first-order valence-electron chi connectivity index (χ1n) is 13.3. The number of anilines is 1. The van der Waals surface area contributed by atoms with Gasteiger partial charge in [-0.1, -0.05) is 47.8 Å². The van der Waals surface area contributed by atoms with Crippen LogP contribution >= 0.6 is 45.8 Å². The third-order valence-corrected chi connectivity index (χ3v) is 9.70. The maximum atomic E-state index is 14.3. The van der Waals surface area contributed by atoms with Crippen LogP contribution in [-0.2, 0) is 15.0 Å². The molecule has 198 valence electrons. The molecule has 5 nitrogen and oxygen atoms in total. The first kappa shape index (κ1) is 26.2. The molecule has 2 aliphatic carbocycles. The van der Waals surface area contributed by atoms with Crippen LogP contribution in [0.15, 0.2) is 59.7 Å². The van der Waals surface area contributed by atoms with E-state index in [-0.39, 0.29) is 36.2 Å². The minimum Gasteiger partial charge on any atom is -0.490 e. The standard InChI is InChI=1S/C30H29Cl2IN2O3/c31-18-6-4-5-17(13-18)24-16-27(36)35-28(30(24)23-11-9-19(32)14-25(23)34-29(30)37)22-15-20(33)10-12-26(22)38-21-7-2-1-3-8-21/h4-6,9-12,14-15,17,21,24,28H,1-3,7-8,13,16H2,(H,34,37)(H,35,36)/t17?,24-,28+,30-/m0/s1. The molecule has 2 fully saturated rings. The van der Waals surface area contributed by atoms with Crippen LogP contribution in [-0.4, -0.2) is 17.9 Å². The van der Waals surface area contributed by atoms with E-state index >= 15 is 0 Å². The van der Waals surface area contributed by atoms with Gasteiger partial charge in [0.25, 0.3) is 0 Å². The summed E-state index contributed by atoms with van der Waals surface area (Å²) in [6.45, 7) is 0. The molecule has 2 aliphatic heterocycles. The van der Waals surface area contributed by atoms with Gasteiger partial charge in [0.15, 0.2) is 0 Å². The third-order valence-electron chi connectivity index (χ3n) is 8.51. The van der Waals surface area contributed by atoms with Crippen molar-refractivity contribution in [1.29, 1.82) is 0 Å². The van der Waals surface area contributed by atoms with Crippen molar-refractivity contribution in [2.75, 3.05) is 5.32 Å². The predicted molar refractivity (Wildman–Crippen MR) is 159 cm³/mol. The van der Waals surface area contributed by atoms with Gasteiger partial charge in [-0.15, -0.1) is 0 Å². The Balaban J connectivity index is 1.54. The lowest BCUT2D eigenvalue weighted by Gasteiger charge is -2.49. The lowest BCUT2D eigenvalue weighted by molar-refractivity contribution is -0.135. The molecule has 6 rings (SSSR count). The van der Waals surface area contributed by atoms with E-state index in [9.17, 15) is 9.59 Å². The number of rotatable bonds is 4. The molecule has 4 aliphatic rings. The van der Waals surface area contributed by atoms with Gasteiger partial charge < -0.3 is 15.4 Å². The van der Waals surface area contributed by atoms with Crippen molar-refractivity contribution in [1.82, 2.24) is 5.32 Å². The van der Waals surface area contributed by atoms with Crippen LogP contribution in [0.2, 0.25) is 5.02 Å². The Morgan fingerprint density at radius 3 is 2.61 bits per heavy atom. The molecular formula is C30H29Cl2IN2O3. The Labute approximate surface area is 246 Å². The lowest BCUT2D eigenvalue weighted by Crippen LogP contribution is -2.59. The maximum Gasteiger partial charge on any atom is 0.237 e. The summed E-state index contributed by atoms with van der Waals surface area (Å²) < 4.78 is 7.63. The Kier molecular flexibility index (Phi) is 7.25. The average molecular weight is 663 g/mol. The molecule has 0 bridgehead atoms. The van der Waals surface area contributed by atoms with Gasteiger partial charge in [-0.3, -0.25) is 9.59 Å². The molecule has 0 radical (unpaired) electrons. The number of carbonyl (C=O) groups is 2. The van der Waals surface area contributed by atoms with Crippen LogP contribution in [0.4, 0.5) is 5.69 Å². The summed E-state index contributed by atoms with van der Waals surface area (Å²) in [7, 11) is 0. The van der Waals surface area contributed by atoms with Crippen LogP contribution in [0.3, 0.4) is 0 Å². The van der Waals surface area contributed by atoms with Gasteiger partial charge >= 0.3 is 0 Å². The molecule has 1 saturated carbocycles. The number of carbonyl (C=O) groups excluding carboxylic acids is 2. The zero-order valence-corrected chi connectivity index (χ0v) is 24.5. The Morgan fingerprint density at radius 1 is 1.00 bits per heavy atom. The molecule has 0 aromatic heterocycles. The fourth-order valence-corrected chi connectivity index (χ4v) is 7.80. The van der Waals surface area contributed by atoms with E-state index in [1.165, 1.54) is 6.42 Å². The van der Waals surface area contributed by atoms with Gasteiger partial charge in [0.05, 0.1) is 12.1 Å². The molecule has 2 heterocycles. The van der Waals surface area contributed by atoms with E-state index in [2.05, 4.69) is 45.4 Å². The number of ether oxygens (including phenoxy) is 1. The number of halogens is 3. The van der Waals surface area contributed by atoms with E-state index in [4.69, 9.17) is 27.9 Å². The minimum atomic E-state index is -1.06. The smallest absolute Gasteiger partial charge is 0.237 e. The normalized spacial score (nSPS) is 29.0. The largest absolute Gasteiger partial charge is 0.490 e. The summed E-state index contributed by atoms with van der Waals surface area (Å²) in [5.74, 6) is 0.116. The Bertz CT molecular complexity index is 1350. The predicted octanol–water partition coefficient (Wildman–Crippen LogP) is 7.42. The highest BCUT2D eigenvalue weighted by Gasteiger charge is 2.62. The number of piperidine rings is 1. The second kappa shape index (κ2) is 10.5. The number of nitrogens with one attached hydrogen (secondary N) is 2. The van der Waals surface area contributed by atoms with E-state index in [0.29, 0.717) is 17.1 Å². The summed E-state index contributed by atoms with van der Waals surface area (Å²) in [5, 5.41) is 7.64. The van der Waals surface area contributed by atoms with Crippen molar-refractivity contribution in [2.45, 2.75) is 62.5 Å². The molecule has 4 atom stereocenters. The van der Waals surface area contributed by atoms with Gasteiger partial charge in [-0.2, -0.15) is 0 Å². The van der Waals surface area contributed by atoms with Crippen molar-refractivity contribution in [3.8, 4) is 5.75 Å². The molecule has 2 aromatic carbocycles. The van der Waals surface area contributed by atoms with Gasteiger partial charge in [-0.25, -0.2) is 0 Å². The number of hydrogen-bond acceptors (Lipinski definition) is 3. The van der Waals surface area contributed by atoms with Crippen molar-refractivity contribution in [3.05, 3.63) is 79.4 Å². The number of benzene rings is 2. The van der Waals surface area contributed by atoms with Crippen LogP contribution < -0.4 is 15.4 Å². The molecule has 2 aromatic rings. The second-order valence-electron chi connectivity index (χ2n) is 10.8. The summed E-state index contributed by atoms with van der Waals surface area (Å²) >= 11 is 15.1. The van der Waals surface area contributed by atoms with Crippen molar-refractivity contribution in [2.24, 2.45) is 11.8 Å². The van der Waals surface area contributed by atoms with Crippen molar-refractivity contribution in [3.63, 3.8) is 0 Å². The van der Waals surface area contributed by atoms with Crippen LogP contribution in [0.5, 0.6) is 5.75 Å².